The van der Waals surface area contributed by atoms with E-state index in [0.717, 1.165) is 12.1 Å². The third-order valence-corrected chi connectivity index (χ3v) is 4.96. The van der Waals surface area contributed by atoms with Crippen LogP contribution in [0.25, 0.3) is 0 Å². The van der Waals surface area contributed by atoms with E-state index in [4.69, 9.17) is 23.2 Å². The van der Waals surface area contributed by atoms with E-state index < -0.39 is 17.0 Å². The van der Waals surface area contributed by atoms with Gasteiger partial charge in [0.15, 0.2) is 0 Å². The van der Waals surface area contributed by atoms with Gasteiger partial charge in [-0.15, -0.1) is 11.6 Å². The van der Waals surface area contributed by atoms with Crippen molar-refractivity contribution in [2.45, 2.75) is 5.38 Å². The first-order chi connectivity index (χ1) is 8.91. The van der Waals surface area contributed by atoms with Crippen LogP contribution in [-0.2, 0) is 0 Å². The molecule has 0 saturated carbocycles. The van der Waals surface area contributed by atoms with Crippen LogP contribution in [0, 0.1) is 11.6 Å². The van der Waals surface area contributed by atoms with Crippen molar-refractivity contribution in [3.8, 4) is 0 Å². The predicted octanol–water partition coefficient (Wildman–Crippen LogP) is 6.47. The van der Waals surface area contributed by atoms with Gasteiger partial charge in [-0.1, -0.05) is 23.7 Å². The van der Waals surface area contributed by atoms with Crippen LogP contribution >= 0.6 is 55.1 Å². The van der Waals surface area contributed by atoms with Crippen LogP contribution in [-0.4, -0.2) is 0 Å². The number of alkyl halides is 1. The van der Waals surface area contributed by atoms with Crippen LogP contribution in [0.1, 0.15) is 16.5 Å². The largest absolute Gasteiger partial charge is 0.207 e. The summed E-state index contributed by atoms with van der Waals surface area (Å²) in [4.78, 5) is 0. The molecule has 0 fully saturated rings. The van der Waals surface area contributed by atoms with Crippen molar-refractivity contribution in [1.82, 2.24) is 0 Å². The van der Waals surface area contributed by atoms with E-state index in [-0.39, 0.29) is 10.0 Å². The van der Waals surface area contributed by atoms with Gasteiger partial charge in [-0.3, -0.25) is 0 Å². The van der Waals surface area contributed by atoms with E-state index in [9.17, 15) is 8.78 Å². The lowest BCUT2D eigenvalue weighted by Crippen LogP contribution is -2.00. The summed E-state index contributed by atoms with van der Waals surface area (Å²) in [5, 5.41) is -0.488. The zero-order valence-corrected chi connectivity index (χ0v) is 13.9. The van der Waals surface area contributed by atoms with Crippen LogP contribution in [0.2, 0.25) is 5.02 Å². The first-order valence-electron chi connectivity index (χ1n) is 5.14. The maximum absolute atomic E-state index is 13.9. The van der Waals surface area contributed by atoms with Crippen LogP contribution in [0.4, 0.5) is 8.78 Å². The van der Waals surface area contributed by atoms with E-state index in [0.29, 0.717) is 15.1 Å². The molecule has 0 N–H and O–H groups in total. The maximum atomic E-state index is 13.9. The topological polar surface area (TPSA) is 0 Å². The number of rotatable bonds is 2. The predicted molar refractivity (Wildman–Crippen MR) is 80.9 cm³/mol. The molecule has 2 aromatic rings. The Morgan fingerprint density at radius 1 is 0.947 bits per heavy atom. The average Bonchev–Trinajstić information content (AvgIpc) is 2.36. The fourth-order valence-corrected chi connectivity index (χ4v) is 2.95. The molecular formula is C13H6Br2Cl2F2. The molecule has 2 aromatic carbocycles. The number of halogens is 6. The van der Waals surface area contributed by atoms with Crippen molar-refractivity contribution in [2.24, 2.45) is 0 Å². The van der Waals surface area contributed by atoms with E-state index in [2.05, 4.69) is 31.9 Å². The normalized spacial score (nSPS) is 12.5. The molecule has 100 valence electrons. The zero-order valence-electron chi connectivity index (χ0n) is 9.23. The zero-order chi connectivity index (χ0) is 14.2. The summed E-state index contributed by atoms with van der Waals surface area (Å²) in [6, 6.07) is 7.26. The summed E-state index contributed by atoms with van der Waals surface area (Å²) in [6.45, 7) is 0. The second-order valence-corrected chi connectivity index (χ2v) is 6.32. The van der Waals surface area contributed by atoms with Crippen molar-refractivity contribution in [3.63, 3.8) is 0 Å². The van der Waals surface area contributed by atoms with Gasteiger partial charge < -0.3 is 0 Å². The van der Waals surface area contributed by atoms with Gasteiger partial charge in [0.1, 0.15) is 11.6 Å². The molecule has 0 aromatic heterocycles. The minimum absolute atomic E-state index is 0.0439. The summed E-state index contributed by atoms with van der Waals surface area (Å²) in [5.41, 5.74) is 0.556. The molecule has 0 nitrogen and oxygen atoms in total. The molecule has 0 aliphatic carbocycles. The smallest absolute Gasteiger partial charge is 0.137 e. The molecule has 19 heavy (non-hydrogen) atoms. The molecule has 6 heteroatoms. The van der Waals surface area contributed by atoms with Crippen molar-refractivity contribution < 1.29 is 8.78 Å². The first kappa shape index (κ1) is 15.2. The van der Waals surface area contributed by atoms with Crippen molar-refractivity contribution in [3.05, 3.63) is 67.1 Å². The third-order valence-electron chi connectivity index (χ3n) is 2.57. The van der Waals surface area contributed by atoms with Crippen LogP contribution in [0.5, 0.6) is 0 Å². The van der Waals surface area contributed by atoms with Gasteiger partial charge in [-0.05, 0) is 55.6 Å². The van der Waals surface area contributed by atoms with Gasteiger partial charge in [0.2, 0.25) is 0 Å². The van der Waals surface area contributed by atoms with E-state index >= 15 is 0 Å². The van der Waals surface area contributed by atoms with Crippen LogP contribution in [0.3, 0.4) is 0 Å². The highest BCUT2D eigenvalue weighted by atomic mass is 79.9. The lowest BCUT2D eigenvalue weighted by Gasteiger charge is -2.14. The molecule has 0 amide bonds. The lowest BCUT2D eigenvalue weighted by atomic mass is 10.0. The van der Waals surface area contributed by atoms with Crippen LogP contribution in [0.15, 0.2) is 39.3 Å². The number of hydrogen-bond acceptors (Lipinski definition) is 0. The summed E-state index contributed by atoms with van der Waals surface area (Å²) in [7, 11) is 0. The highest BCUT2D eigenvalue weighted by Crippen LogP contribution is 2.38. The third kappa shape index (κ3) is 3.13. The van der Waals surface area contributed by atoms with Gasteiger partial charge in [0.25, 0.3) is 0 Å². The van der Waals surface area contributed by atoms with E-state index in [1.807, 2.05) is 0 Å². The molecule has 1 atom stereocenters. The van der Waals surface area contributed by atoms with Crippen molar-refractivity contribution in [2.75, 3.05) is 0 Å². The molecule has 0 spiro atoms. The lowest BCUT2D eigenvalue weighted by molar-refractivity contribution is 0.582. The Balaban J connectivity index is 2.53. The summed E-state index contributed by atoms with van der Waals surface area (Å²) in [5.74, 6) is -1.17. The first-order valence-corrected chi connectivity index (χ1v) is 7.54. The monoisotopic (exact) mass is 428 g/mol. The Morgan fingerprint density at radius 3 is 2.32 bits per heavy atom. The SMILES string of the molecule is Fc1cc(C(Cl)c2cccc(Br)c2Cl)c(F)cc1Br. The highest BCUT2D eigenvalue weighted by Gasteiger charge is 2.20. The van der Waals surface area contributed by atoms with Gasteiger partial charge >= 0.3 is 0 Å². The Bertz CT molecular complexity index is 632. The van der Waals surface area contributed by atoms with Crippen LogP contribution < -0.4 is 0 Å². The molecule has 0 radical (unpaired) electrons. The molecule has 0 aliphatic rings. The highest BCUT2D eigenvalue weighted by molar-refractivity contribution is 9.10. The molecule has 0 bridgehead atoms. The van der Waals surface area contributed by atoms with Gasteiger partial charge in [-0.2, -0.15) is 0 Å². The fraction of sp³-hybridized carbons (Fsp3) is 0.0769. The quantitative estimate of drug-likeness (QED) is 0.378. The number of hydrogen-bond donors (Lipinski definition) is 0. The Labute approximate surface area is 136 Å². The second kappa shape index (κ2) is 6.08. The van der Waals surface area contributed by atoms with E-state index in [1.165, 1.54) is 0 Å². The number of benzene rings is 2. The minimum Gasteiger partial charge on any atom is -0.207 e. The van der Waals surface area contributed by atoms with Gasteiger partial charge in [0.05, 0.1) is 14.9 Å². The van der Waals surface area contributed by atoms with E-state index in [1.54, 1.807) is 18.2 Å². The Hall–Kier alpha value is -0.160. The molecular weight excluding hydrogens is 425 g/mol. The molecule has 0 aliphatic heterocycles. The molecule has 0 heterocycles. The summed E-state index contributed by atoms with van der Waals surface area (Å²) >= 11 is 18.5. The van der Waals surface area contributed by atoms with Gasteiger partial charge in [-0.25, -0.2) is 8.78 Å². The summed E-state index contributed by atoms with van der Waals surface area (Å²) in [6.07, 6.45) is 0. The summed E-state index contributed by atoms with van der Waals surface area (Å²) < 4.78 is 28.1. The minimum atomic E-state index is -0.868. The Kier molecular flexibility index (Phi) is 4.88. The molecule has 0 saturated heterocycles. The Morgan fingerprint density at radius 2 is 1.63 bits per heavy atom. The average molecular weight is 431 g/mol. The maximum Gasteiger partial charge on any atom is 0.137 e. The second-order valence-electron chi connectivity index (χ2n) is 3.79. The fourth-order valence-electron chi connectivity index (χ4n) is 1.62. The van der Waals surface area contributed by atoms with Crippen molar-refractivity contribution in [1.29, 1.82) is 0 Å². The standard InChI is InChI=1S/C13H6Br2Cl2F2/c14-8-3-1-2-6(13(8)17)12(16)7-4-11(19)9(15)5-10(7)18/h1-5,12H. The molecule has 2 rings (SSSR count). The molecule has 1 unspecified atom stereocenters. The van der Waals surface area contributed by atoms with Crippen molar-refractivity contribution >= 4 is 55.1 Å². The van der Waals surface area contributed by atoms with Gasteiger partial charge in [0, 0.05) is 10.0 Å².